The van der Waals surface area contributed by atoms with Gasteiger partial charge in [-0.25, -0.2) is 0 Å². The van der Waals surface area contributed by atoms with Crippen molar-refractivity contribution >= 4 is 0 Å². The predicted molar refractivity (Wildman–Crippen MR) is 100 cm³/mol. The van der Waals surface area contributed by atoms with Gasteiger partial charge in [0.25, 0.3) is 0 Å². The SMILES string of the molecule is COc1cc2c(cc1OC)-c1c(O)c(OC)cc3c1[C@H](C2)[N+](C)(C)CC3. The molecule has 0 bridgehead atoms. The largest absolute Gasteiger partial charge is 0.504 e. The number of rotatable bonds is 3. The average molecular weight is 356 g/mol. The predicted octanol–water partition coefficient (Wildman–Crippen LogP) is 3.31. The smallest absolute Gasteiger partial charge is 0.166 e. The molecule has 2 aromatic carbocycles. The summed E-state index contributed by atoms with van der Waals surface area (Å²) in [6, 6.07) is 6.33. The van der Waals surface area contributed by atoms with Gasteiger partial charge in [0.2, 0.25) is 0 Å². The second kappa shape index (κ2) is 5.81. The standard InChI is InChI=1S/C21H25NO4/c1-22(2)7-6-12-9-18(26-5)21(23)20-14-11-17(25-4)16(24-3)10-13(14)8-15(22)19(12)20/h9-11,15H,6-8H2,1-5H3/p+1/t15-/m0/s1. The van der Waals surface area contributed by atoms with E-state index < -0.39 is 0 Å². The minimum atomic E-state index is 0.214. The Labute approximate surface area is 154 Å². The minimum absolute atomic E-state index is 0.214. The zero-order valence-electron chi connectivity index (χ0n) is 16.0. The summed E-state index contributed by atoms with van der Waals surface area (Å²) in [5, 5.41) is 11.0. The highest BCUT2D eigenvalue weighted by molar-refractivity contribution is 5.84. The first-order chi connectivity index (χ1) is 12.4. The van der Waals surface area contributed by atoms with E-state index in [2.05, 4.69) is 14.1 Å². The van der Waals surface area contributed by atoms with Crippen LogP contribution in [-0.2, 0) is 12.8 Å². The van der Waals surface area contributed by atoms with Crippen molar-refractivity contribution in [2.75, 3.05) is 42.0 Å². The van der Waals surface area contributed by atoms with Crippen molar-refractivity contribution in [2.45, 2.75) is 18.9 Å². The van der Waals surface area contributed by atoms with Crippen molar-refractivity contribution in [1.29, 1.82) is 0 Å². The maximum atomic E-state index is 11.0. The maximum absolute atomic E-state index is 11.0. The third-order valence-corrected chi connectivity index (χ3v) is 6.04. The van der Waals surface area contributed by atoms with Crippen molar-refractivity contribution in [3.8, 4) is 34.1 Å². The third kappa shape index (κ3) is 2.27. The number of likely N-dealkylation sites (N-methyl/N-ethyl adjacent to an activating group) is 1. The highest BCUT2D eigenvalue weighted by atomic mass is 16.5. The fraction of sp³-hybridized carbons (Fsp3) is 0.429. The Bertz CT molecular complexity index is 888. The monoisotopic (exact) mass is 356 g/mol. The van der Waals surface area contributed by atoms with E-state index in [1.165, 1.54) is 16.7 Å². The van der Waals surface area contributed by atoms with Crippen molar-refractivity contribution in [1.82, 2.24) is 0 Å². The number of quaternary nitrogens is 1. The van der Waals surface area contributed by atoms with Gasteiger partial charge in [-0.3, -0.25) is 0 Å². The van der Waals surface area contributed by atoms with Gasteiger partial charge in [-0.1, -0.05) is 0 Å². The fourth-order valence-electron chi connectivity index (χ4n) is 4.53. The molecule has 5 nitrogen and oxygen atoms in total. The molecular weight excluding hydrogens is 330 g/mol. The Morgan fingerprint density at radius 2 is 1.54 bits per heavy atom. The van der Waals surface area contributed by atoms with Gasteiger partial charge in [-0.05, 0) is 34.9 Å². The first-order valence-corrected chi connectivity index (χ1v) is 8.92. The second-order valence-electron chi connectivity index (χ2n) is 7.71. The van der Waals surface area contributed by atoms with Crippen LogP contribution in [0.25, 0.3) is 11.1 Å². The van der Waals surface area contributed by atoms with Crippen LogP contribution in [0.3, 0.4) is 0 Å². The molecule has 0 saturated carbocycles. The van der Waals surface area contributed by atoms with Gasteiger partial charge in [0.15, 0.2) is 23.0 Å². The van der Waals surface area contributed by atoms with Gasteiger partial charge in [0.1, 0.15) is 6.04 Å². The van der Waals surface area contributed by atoms with Gasteiger partial charge in [0, 0.05) is 24.0 Å². The van der Waals surface area contributed by atoms with Crippen LogP contribution in [0.2, 0.25) is 0 Å². The molecule has 0 spiro atoms. The van der Waals surface area contributed by atoms with Gasteiger partial charge in [0.05, 0.1) is 42.0 Å². The van der Waals surface area contributed by atoms with Gasteiger partial charge < -0.3 is 23.8 Å². The van der Waals surface area contributed by atoms with E-state index in [0.29, 0.717) is 17.5 Å². The Morgan fingerprint density at radius 3 is 2.19 bits per heavy atom. The molecule has 0 unspecified atom stereocenters. The first kappa shape index (κ1) is 17.0. The zero-order chi connectivity index (χ0) is 18.6. The first-order valence-electron chi connectivity index (χ1n) is 8.92. The molecule has 4 rings (SSSR count). The number of hydrogen-bond donors (Lipinski definition) is 1. The number of methoxy groups -OCH3 is 3. The van der Waals surface area contributed by atoms with Crippen LogP contribution in [0.4, 0.5) is 0 Å². The molecule has 1 atom stereocenters. The fourth-order valence-corrected chi connectivity index (χ4v) is 4.53. The minimum Gasteiger partial charge on any atom is -0.504 e. The number of hydrogen-bond acceptors (Lipinski definition) is 4. The zero-order valence-corrected chi connectivity index (χ0v) is 16.0. The quantitative estimate of drug-likeness (QED) is 0.857. The summed E-state index contributed by atoms with van der Waals surface area (Å²) in [6.07, 6.45) is 1.89. The Balaban J connectivity index is 2.06. The summed E-state index contributed by atoms with van der Waals surface area (Å²) in [5.74, 6) is 2.14. The molecule has 2 aromatic rings. The topological polar surface area (TPSA) is 47.9 Å². The van der Waals surface area contributed by atoms with Crippen molar-refractivity contribution < 1.29 is 23.8 Å². The summed E-state index contributed by atoms with van der Waals surface area (Å²) in [5.41, 5.74) is 5.59. The number of fused-ring (bicyclic) bond motifs is 2. The van der Waals surface area contributed by atoms with Gasteiger partial charge in [-0.2, -0.15) is 0 Å². The van der Waals surface area contributed by atoms with Crippen LogP contribution in [0, 0.1) is 0 Å². The molecule has 0 amide bonds. The van der Waals surface area contributed by atoms with Gasteiger partial charge >= 0.3 is 0 Å². The Kier molecular flexibility index (Phi) is 3.81. The maximum Gasteiger partial charge on any atom is 0.166 e. The molecule has 1 aliphatic heterocycles. The van der Waals surface area contributed by atoms with Crippen molar-refractivity contribution in [2.24, 2.45) is 0 Å². The van der Waals surface area contributed by atoms with E-state index in [9.17, 15) is 5.11 Å². The highest BCUT2D eigenvalue weighted by Gasteiger charge is 2.43. The lowest BCUT2D eigenvalue weighted by Crippen LogP contribution is -2.49. The van der Waals surface area contributed by atoms with Crippen molar-refractivity contribution in [3.05, 3.63) is 34.9 Å². The molecule has 0 saturated heterocycles. The summed E-state index contributed by atoms with van der Waals surface area (Å²) in [7, 11) is 9.43. The molecular formula is C21H26NO4+. The summed E-state index contributed by atoms with van der Waals surface area (Å²) < 4.78 is 17.4. The van der Waals surface area contributed by atoms with Crippen LogP contribution in [0.15, 0.2) is 18.2 Å². The van der Waals surface area contributed by atoms with E-state index >= 15 is 0 Å². The van der Waals surface area contributed by atoms with Crippen molar-refractivity contribution in [3.63, 3.8) is 0 Å². The molecule has 0 radical (unpaired) electrons. The number of phenolic OH excluding ortho intramolecular Hbond substituents is 1. The molecule has 0 aromatic heterocycles. The third-order valence-electron chi connectivity index (χ3n) is 6.04. The summed E-state index contributed by atoms with van der Waals surface area (Å²) in [4.78, 5) is 0. The lowest BCUT2D eigenvalue weighted by molar-refractivity contribution is -0.923. The number of ether oxygens (including phenoxy) is 3. The summed E-state index contributed by atoms with van der Waals surface area (Å²) >= 11 is 0. The molecule has 1 aliphatic carbocycles. The lowest BCUT2D eigenvalue weighted by atomic mass is 9.75. The van der Waals surface area contributed by atoms with E-state index in [1.54, 1.807) is 21.3 Å². The second-order valence-corrected chi connectivity index (χ2v) is 7.71. The van der Waals surface area contributed by atoms with E-state index in [-0.39, 0.29) is 5.75 Å². The van der Waals surface area contributed by atoms with E-state index in [0.717, 1.165) is 40.7 Å². The number of aromatic hydroxyl groups is 1. The molecule has 1 N–H and O–H groups in total. The molecule has 2 aliphatic rings. The summed E-state index contributed by atoms with van der Waals surface area (Å²) in [6.45, 7) is 1.06. The Morgan fingerprint density at radius 1 is 0.923 bits per heavy atom. The van der Waals surface area contributed by atoms with Gasteiger partial charge in [-0.15, -0.1) is 0 Å². The molecule has 1 heterocycles. The van der Waals surface area contributed by atoms with Crippen LogP contribution in [-0.4, -0.2) is 51.6 Å². The average Bonchev–Trinajstić information content (AvgIpc) is 2.64. The molecule has 26 heavy (non-hydrogen) atoms. The normalized spacial score (nSPS) is 19.3. The lowest BCUT2D eigenvalue weighted by Gasteiger charge is -2.46. The molecule has 138 valence electrons. The Hall–Kier alpha value is -2.40. The van der Waals surface area contributed by atoms with Crippen LogP contribution < -0.4 is 14.2 Å². The molecule has 5 heteroatoms. The van der Waals surface area contributed by atoms with Crippen LogP contribution >= 0.6 is 0 Å². The van der Waals surface area contributed by atoms with E-state index in [1.807, 2.05) is 18.2 Å². The number of nitrogens with zero attached hydrogens (tertiary/aromatic N) is 1. The van der Waals surface area contributed by atoms with Crippen LogP contribution in [0.5, 0.6) is 23.0 Å². The number of benzene rings is 2. The van der Waals surface area contributed by atoms with Crippen LogP contribution in [0.1, 0.15) is 22.7 Å². The number of phenols is 1. The highest BCUT2D eigenvalue weighted by Crippen LogP contribution is 2.54. The van der Waals surface area contributed by atoms with E-state index in [4.69, 9.17) is 14.2 Å². The molecule has 0 fully saturated rings.